The first-order chi connectivity index (χ1) is 11.3. The van der Waals surface area contributed by atoms with Gasteiger partial charge >= 0.3 is 5.97 Å². The van der Waals surface area contributed by atoms with Gasteiger partial charge in [0, 0.05) is 6.08 Å². The summed E-state index contributed by atoms with van der Waals surface area (Å²) in [6.07, 6.45) is 17.0. The molecule has 0 saturated heterocycles. The second-order valence-electron chi connectivity index (χ2n) is 7.73. The summed E-state index contributed by atoms with van der Waals surface area (Å²) in [7, 11) is 0. The Kier molecular flexibility index (Phi) is 6.04. The van der Waals surface area contributed by atoms with Crippen molar-refractivity contribution in [3.8, 4) is 0 Å². The minimum atomic E-state index is -0.889. The van der Waals surface area contributed by atoms with Crippen LogP contribution in [0.3, 0.4) is 0 Å². The van der Waals surface area contributed by atoms with E-state index in [1.54, 1.807) is 0 Å². The molecule has 0 atom stereocenters. The van der Waals surface area contributed by atoms with Crippen LogP contribution in [0, 0.1) is 5.41 Å². The molecule has 2 heteroatoms. The Hall–Kier alpha value is -1.83. The number of carbonyl (C=O) groups is 1. The van der Waals surface area contributed by atoms with E-state index in [0.29, 0.717) is 0 Å². The lowest BCUT2D eigenvalue weighted by Gasteiger charge is -2.33. The maximum Gasteiger partial charge on any atom is 0.328 e. The Morgan fingerprint density at radius 3 is 2.33 bits per heavy atom. The zero-order valence-electron chi connectivity index (χ0n) is 15.5. The zero-order valence-corrected chi connectivity index (χ0v) is 15.5. The molecule has 0 spiro atoms. The van der Waals surface area contributed by atoms with Crippen LogP contribution in [0.2, 0.25) is 0 Å². The number of aliphatic carboxylic acids is 1. The van der Waals surface area contributed by atoms with Crippen molar-refractivity contribution < 1.29 is 9.90 Å². The van der Waals surface area contributed by atoms with E-state index in [2.05, 4.69) is 39.0 Å². The smallest absolute Gasteiger partial charge is 0.328 e. The van der Waals surface area contributed by atoms with Crippen molar-refractivity contribution >= 4 is 5.97 Å². The number of carboxylic acids is 1. The molecule has 0 bridgehead atoms. The fourth-order valence-corrected chi connectivity index (χ4v) is 3.84. The molecule has 24 heavy (non-hydrogen) atoms. The maximum absolute atomic E-state index is 10.7. The SMILES string of the molecule is CC1=C(/C=C/C2=C(/C=C/C(C)=C/C(=O)O)CCC2)C(C)(C)CCC1. The van der Waals surface area contributed by atoms with Crippen LogP contribution < -0.4 is 0 Å². The minimum absolute atomic E-state index is 0.273. The number of rotatable bonds is 5. The lowest BCUT2D eigenvalue weighted by molar-refractivity contribution is -0.131. The van der Waals surface area contributed by atoms with Gasteiger partial charge in [-0.2, -0.15) is 0 Å². The van der Waals surface area contributed by atoms with E-state index < -0.39 is 5.97 Å². The van der Waals surface area contributed by atoms with Gasteiger partial charge in [-0.3, -0.25) is 0 Å². The molecule has 0 unspecified atom stereocenters. The summed E-state index contributed by atoms with van der Waals surface area (Å²) >= 11 is 0. The molecule has 0 saturated carbocycles. The Bertz CT molecular complexity index is 651. The van der Waals surface area contributed by atoms with Crippen molar-refractivity contribution in [1.82, 2.24) is 0 Å². The first kappa shape index (κ1) is 18.5. The Morgan fingerprint density at radius 2 is 1.71 bits per heavy atom. The van der Waals surface area contributed by atoms with Gasteiger partial charge in [0.2, 0.25) is 0 Å². The van der Waals surface area contributed by atoms with Crippen LogP contribution in [0.4, 0.5) is 0 Å². The van der Waals surface area contributed by atoms with E-state index in [0.717, 1.165) is 18.4 Å². The first-order valence-electron chi connectivity index (χ1n) is 8.99. The Labute approximate surface area is 146 Å². The minimum Gasteiger partial charge on any atom is -0.478 e. The van der Waals surface area contributed by atoms with Gasteiger partial charge in [0.1, 0.15) is 0 Å². The highest BCUT2D eigenvalue weighted by atomic mass is 16.4. The van der Waals surface area contributed by atoms with Gasteiger partial charge < -0.3 is 5.11 Å². The molecule has 0 aromatic rings. The van der Waals surface area contributed by atoms with E-state index >= 15 is 0 Å². The van der Waals surface area contributed by atoms with E-state index in [9.17, 15) is 4.79 Å². The van der Waals surface area contributed by atoms with Crippen molar-refractivity contribution in [2.45, 2.75) is 66.2 Å². The molecule has 1 N–H and O–H groups in total. The lowest BCUT2D eigenvalue weighted by Crippen LogP contribution is -2.19. The van der Waals surface area contributed by atoms with Crippen LogP contribution >= 0.6 is 0 Å². The van der Waals surface area contributed by atoms with Gasteiger partial charge in [0.15, 0.2) is 0 Å². The highest BCUT2D eigenvalue weighted by molar-refractivity contribution is 5.81. The quantitative estimate of drug-likeness (QED) is 0.487. The van der Waals surface area contributed by atoms with Crippen LogP contribution in [0.25, 0.3) is 0 Å². The first-order valence-corrected chi connectivity index (χ1v) is 8.99. The summed E-state index contributed by atoms with van der Waals surface area (Å²) < 4.78 is 0. The van der Waals surface area contributed by atoms with Gasteiger partial charge in [0.05, 0.1) is 0 Å². The van der Waals surface area contributed by atoms with Gasteiger partial charge in [-0.1, -0.05) is 43.7 Å². The molecular weight excluding hydrogens is 296 g/mol. The summed E-state index contributed by atoms with van der Waals surface area (Å²) in [6.45, 7) is 8.79. The van der Waals surface area contributed by atoms with E-state index in [-0.39, 0.29) is 5.41 Å². The number of carboxylic acid groups (broad SMARTS) is 1. The van der Waals surface area contributed by atoms with Gasteiger partial charge in [-0.25, -0.2) is 4.79 Å². The second kappa shape index (κ2) is 7.83. The topological polar surface area (TPSA) is 37.3 Å². The van der Waals surface area contributed by atoms with E-state index in [1.165, 1.54) is 54.1 Å². The van der Waals surface area contributed by atoms with Gasteiger partial charge in [-0.05, 0) is 80.1 Å². The van der Waals surface area contributed by atoms with Crippen molar-refractivity contribution in [2.24, 2.45) is 5.41 Å². The third kappa shape index (κ3) is 4.83. The molecule has 2 nitrogen and oxygen atoms in total. The predicted octanol–water partition coefficient (Wildman–Crippen LogP) is 6.14. The van der Waals surface area contributed by atoms with Crippen molar-refractivity contribution in [2.75, 3.05) is 0 Å². The molecule has 0 heterocycles. The summed E-state index contributed by atoms with van der Waals surface area (Å²) in [6, 6.07) is 0. The van der Waals surface area contributed by atoms with Crippen molar-refractivity contribution in [3.63, 3.8) is 0 Å². The van der Waals surface area contributed by atoms with Gasteiger partial charge in [-0.15, -0.1) is 0 Å². The van der Waals surface area contributed by atoms with Crippen LogP contribution in [-0.2, 0) is 4.79 Å². The fourth-order valence-electron chi connectivity index (χ4n) is 3.84. The highest BCUT2D eigenvalue weighted by Crippen LogP contribution is 2.41. The summed E-state index contributed by atoms with van der Waals surface area (Å²) in [4.78, 5) is 10.7. The molecule has 0 aromatic heterocycles. The van der Waals surface area contributed by atoms with Gasteiger partial charge in [0.25, 0.3) is 0 Å². The number of hydrogen-bond donors (Lipinski definition) is 1. The zero-order chi connectivity index (χ0) is 17.7. The Balaban J connectivity index is 2.20. The molecule has 2 rings (SSSR count). The monoisotopic (exact) mass is 326 g/mol. The number of allylic oxidation sites excluding steroid dienone is 9. The third-order valence-electron chi connectivity index (χ3n) is 5.20. The average molecular weight is 326 g/mol. The standard InChI is InChI=1S/C22H30O2/c1-16(15-21(23)24)10-11-18-8-5-9-19(18)12-13-20-17(2)7-6-14-22(20,3)4/h10-13,15H,5-9,14H2,1-4H3,(H,23,24)/b11-10+,13-12+,16-15+. The lowest BCUT2D eigenvalue weighted by atomic mass is 9.72. The maximum atomic E-state index is 10.7. The molecule has 0 amide bonds. The molecule has 2 aliphatic rings. The molecule has 0 radical (unpaired) electrons. The molecule has 2 aliphatic carbocycles. The second-order valence-corrected chi connectivity index (χ2v) is 7.73. The van der Waals surface area contributed by atoms with Crippen LogP contribution in [0.15, 0.2) is 58.2 Å². The van der Waals surface area contributed by atoms with Crippen LogP contribution in [0.5, 0.6) is 0 Å². The number of hydrogen-bond acceptors (Lipinski definition) is 1. The van der Waals surface area contributed by atoms with Crippen LogP contribution in [0.1, 0.15) is 66.2 Å². The Morgan fingerprint density at radius 1 is 1.04 bits per heavy atom. The van der Waals surface area contributed by atoms with Crippen LogP contribution in [-0.4, -0.2) is 11.1 Å². The largest absolute Gasteiger partial charge is 0.478 e. The molecular formula is C22H30O2. The highest BCUT2D eigenvalue weighted by Gasteiger charge is 2.26. The summed E-state index contributed by atoms with van der Waals surface area (Å²) in [5.41, 5.74) is 6.82. The fraction of sp³-hybridized carbons (Fsp3) is 0.500. The summed E-state index contributed by atoms with van der Waals surface area (Å²) in [5, 5.41) is 8.79. The molecule has 0 fully saturated rings. The average Bonchev–Trinajstić information content (AvgIpc) is 2.90. The molecule has 0 aromatic carbocycles. The van der Waals surface area contributed by atoms with E-state index in [4.69, 9.17) is 5.11 Å². The molecule has 130 valence electrons. The van der Waals surface area contributed by atoms with Crippen molar-refractivity contribution in [3.05, 3.63) is 58.2 Å². The molecule has 0 aliphatic heterocycles. The predicted molar refractivity (Wildman–Crippen MR) is 101 cm³/mol. The van der Waals surface area contributed by atoms with E-state index in [1.807, 2.05) is 13.0 Å². The normalized spacial score (nSPS) is 22.2. The van der Waals surface area contributed by atoms with Crippen molar-refractivity contribution in [1.29, 1.82) is 0 Å². The third-order valence-corrected chi connectivity index (χ3v) is 5.20. The summed E-state index contributed by atoms with van der Waals surface area (Å²) in [5.74, 6) is -0.889.